The molecule has 0 aliphatic heterocycles. The van der Waals surface area contributed by atoms with Gasteiger partial charge in [0.1, 0.15) is 0 Å². The molecule has 7 heteroatoms. The topological polar surface area (TPSA) is 103 Å². The van der Waals surface area contributed by atoms with Crippen LogP contribution in [0.2, 0.25) is 0 Å². The molecule has 0 saturated heterocycles. The molecule has 0 atom stereocenters. The van der Waals surface area contributed by atoms with Crippen molar-refractivity contribution in [2.24, 2.45) is 0 Å². The molecule has 0 bridgehead atoms. The lowest BCUT2D eigenvalue weighted by Crippen LogP contribution is -2.54. The third-order valence-corrected chi connectivity index (χ3v) is 3.57. The first-order valence-corrected chi connectivity index (χ1v) is 7.10. The molecule has 4 N–H and O–H groups in total. The van der Waals surface area contributed by atoms with Gasteiger partial charge in [-0.25, -0.2) is 9.97 Å². The second-order valence-electron chi connectivity index (χ2n) is 5.43. The number of aliphatic hydroxyl groups excluding tert-OH is 3. The number of nitrogens with zero attached hydrogens (tertiary/aromatic N) is 3. The fourth-order valence-corrected chi connectivity index (χ4v) is 2.17. The normalized spacial score (nSPS) is 11.9. The lowest BCUT2D eigenvalue weighted by atomic mass is 10.0. The summed E-state index contributed by atoms with van der Waals surface area (Å²) in [6.07, 6.45) is 1.85. The molecule has 0 saturated carbocycles. The molecule has 0 spiro atoms. The third kappa shape index (κ3) is 3.50. The Morgan fingerprint density at radius 1 is 1.09 bits per heavy atom. The average Bonchev–Trinajstić information content (AvgIpc) is 2.97. The van der Waals surface area contributed by atoms with Crippen molar-refractivity contribution in [2.45, 2.75) is 25.9 Å². The fraction of sp³-hybridized carbons (Fsp3) is 0.467. The molecule has 0 aromatic carbocycles. The average molecular weight is 306 g/mol. The number of nitrogens with one attached hydrogen (secondary N) is 1. The molecular weight excluding hydrogens is 284 g/mol. The van der Waals surface area contributed by atoms with Crippen molar-refractivity contribution in [3.05, 3.63) is 41.5 Å². The monoisotopic (exact) mass is 306 g/mol. The van der Waals surface area contributed by atoms with Crippen molar-refractivity contribution in [3.8, 4) is 5.95 Å². The number of hydrogen-bond acceptors (Lipinski definition) is 6. The molecule has 2 aromatic rings. The van der Waals surface area contributed by atoms with Gasteiger partial charge in [-0.1, -0.05) is 0 Å². The molecule has 0 unspecified atom stereocenters. The van der Waals surface area contributed by atoms with Gasteiger partial charge < -0.3 is 15.3 Å². The van der Waals surface area contributed by atoms with Gasteiger partial charge in [-0.3, -0.25) is 9.88 Å². The number of rotatable bonds is 7. The molecule has 120 valence electrons. The van der Waals surface area contributed by atoms with Crippen molar-refractivity contribution in [1.82, 2.24) is 19.9 Å². The van der Waals surface area contributed by atoms with Gasteiger partial charge in [0, 0.05) is 29.8 Å². The molecule has 0 fully saturated rings. The maximum absolute atomic E-state index is 9.35. The first-order chi connectivity index (χ1) is 10.5. The summed E-state index contributed by atoms with van der Waals surface area (Å²) in [7, 11) is 0. The minimum absolute atomic E-state index is 0.352. The van der Waals surface area contributed by atoms with E-state index in [2.05, 4.69) is 15.3 Å². The lowest BCUT2D eigenvalue weighted by molar-refractivity contribution is 0.0411. The second kappa shape index (κ2) is 6.97. The van der Waals surface area contributed by atoms with E-state index in [0.717, 1.165) is 17.1 Å². The van der Waals surface area contributed by atoms with Gasteiger partial charge in [0.15, 0.2) is 0 Å². The Hall–Kier alpha value is -1.80. The summed E-state index contributed by atoms with van der Waals surface area (Å²) in [4.78, 5) is 8.84. The Bertz CT molecular complexity index is 594. The van der Waals surface area contributed by atoms with E-state index in [9.17, 15) is 15.3 Å². The van der Waals surface area contributed by atoms with Crippen molar-refractivity contribution in [3.63, 3.8) is 0 Å². The Morgan fingerprint density at radius 2 is 1.68 bits per heavy atom. The van der Waals surface area contributed by atoms with Crippen LogP contribution in [0.1, 0.15) is 17.1 Å². The predicted molar refractivity (Wildman–Crippen MR) is 81.7 cm³/mol. The van der Waals surface area contributed by atoms with Gasteiger partial charge in [-0.05, 0) is 32.0 Å². The first kappa shape index (κ1) is 16.6. The van der Waals surface area contributed by atoms with E-state index < -0.39 is 5.54 Å². The molecule has 2 heterocycles. The smallest absolute Gasteiger partial charge is 0.234 e. The van der Waals surface area contributed by atoms with Crippen LogP contribution in [0.5, 0.6) is 0 Å². The van der Waals surface area contributed by atoms with Crippen LogP contribution >= 0.6 is 0 Å². The Balaban J connectivity index is 2.23. The summed E-state index contributed by atoms with van der Waals surface area (Å²) in [5.41, 5.74) is 1.51. The Kier molecular flexibility index (Phi) is 5.25. The number of hydrogen-bond donors (Lipinski definition) is 4. The second-order valence-corrected chi connectivity index (χ2v) is 5.43. The molecule has 0 radical (unpaired) electrons. The summed E-state index contributed by atoms with van der Waals surface area (Å²) in [6.45, 7) is 3.09. The highest BCUT2D eigenvalue weighted by molar-refractivity contribution is 5.24. The zero-order valence-electron chi connectivity index (χ0n) is 12.8. The summed E-state index contributed by atoms with van der Waals surface area (Å²) in [5.74, 6) is 0.571. The molecule has 7 nitrogen and oxygen atoms in total. The Morgan fingerprint density at radius 3 is 2.23 bits per heavy atom. The molecule has 2 rings (SSSR count). The zero-order valence-corrected chi connectivity index (χ0v) is 12.8. The van der Waals surface area contributed by atoms with Gasteiger partial charge in [0.05, 0.1) is 25.4 Å². The molecular formula is C15H22N4O3. The number of aryl methyl sites for hydroxylation is 2. The quantitative estimate of drug-likeness (QED) is 0.559. The van der Waals surface area contributed by atoms with E-state index in [1.54, 1.807) is 0 Å². The summed E-state index contributed by atoms with van der Waals surface area (Å²) in [5, 5.41) is 31.0. The maximum Gasteiger partial charge on any atom is 0.234 e. The minimum atomic E-state index is -1.11. The highest BCUT2D eigenvalue weighted by Gasteiger charge is 2.27. The van der Waals surface area contributed by atoms with Crippen molar-refractivity contribution in [1.29, 1.82) is 0 Å². The van der Waals surface area contributed by atoms with Crippen molar-refractivity contribution >= 4 is 0 Å². The van der Waals surface area contributed by atoms with Crippen LogP contribution in [0, 0.1) is 13.8 Å². The van der Waals surface area contributed by atoms with E-state index in [4.69, 9.17) is 0 Å². The number of aromatic nitrogens is 3. The predicted octanol–water partition coefficient (Wildman–Crippen LogP) is -0.311. The van der Waals surface area contributed by atoms with Crippen LogP contribution in [-0.2, 0) is 6.54 Å². The van der Waals surface area contributed by atoms with E-state index in [1.165, 1.54) is 0 Å². The zero-order chi connectivity index (χ0) is 16.2. The van der Waals surface area contributed by atoms with Gasteiger partial charge in [0.2, 0.25) is 5.95 Å². The molecule has 0 aliphatic carbocycles. The van der Waals surface area contributed by atoms with Gasteiger partial charge >= 0.3 is 0 Å². The maximum atomic E-state index is 9.35. The fourth-order valence-electron chi connectivity index (χ4n) is 2.17. The summed E-state index contributed by atoms with van der Waals surface area (Å²) in [6, 6.07) is 5.67. The molecule has 2 aromatic heterocycles. The van der Waals surface area contributed by atoms with Gasteiger partial charge in [-0.15, -0.1) is 0 Å². The van der Waals surface area contributed by atoms with Crippen LogP contribution in [-0.4, -0.2) is 55.2 Å². The summed E-state index contributed by atoms with van der Waals surface area (Å²) < 4.78 is 1.84. The molecule has 22 heavy (non-hydrogen) atoms. The third-order valence-electron chi connectivity index (χ3n) is 3.57. The molecule has 0 aliphatic rings. The number of aliphatic hydroxyl groups is 3. The minimum Gasteiger partial charge on any atom is -0.394 e. The first-order valence-electron chi connectivity index (χ1n) is 7.10. The van der Waals surface area contributed by atoms with E-state index in [0.29, 0.717) is 12.5 Å². The highest BCUT2D eigenvalue weighted by atomic mass is 16.3. The standard InChI is InChI=1S/C15H22N4O3/c1-11-6-12(2)18-14(17-11)19-5-3-4-13(19)7-16-15(8-20,9-21)10-22/h3-6,16,20-22H,7-10H2,1-2H3. The van der Waals surface area contributed by atoms with Gasteiger partial charge in [-0.2, -0.15) is 0 Å². The highest BCUT2D eigenvalue weighted by Crippen LogP contribution is 2.12. The summed E-state index contributed by atoms with van der Waals surface area (Å²) >= 11 is 0. The van der Waals surface area contributed by atoms with E-state index in [1.807, 2.05) is 42.8 Å². The van der Waals surface area contributed by atoms with Crippen LogP contribution in [0.3, 0.4) is 0 Å². The SMILES string of the molecule is Cc1cc(C)nc(-n2cccc2CNC(CO)(CO)CO)n1. The lowest BCUT2D eigenvalue weighted by Gasteiger charge is -2.29. The van der Waals surface area contributed by atoms with E-state index >= 15 is 0 Å². The van der Waals surface area contributed by atoms with Crippen LogP contribution in [0.4, 0.5) is 0 Å². The van der Waals surface area contributed by atoms with Crippen LogP contribution < -0.4 is 5.32 Å². The molecule has 0 amide bonds. The largest absolute Gasteiger partial charge is 0.394 e. The van der Waals surface area contributed by atoms with E-state index in [-0.39, 0.29) is 19.8 Å². The van der Waals surface area contributed by atoms with Crippen molar-refractivity contribution < 1.29 is 15.3 Å². The van der Waals surface area contributed by atoms with Crippen molar-refractivity contribution in [2.75, 3.05) is 19.8 Å². The Labute approximate surface area is 129 Å². The van der Waals surface area contributed by atoms with Crippen LogP contribution in [0.15, 0.2) is 24.4 Å². The van der Waals surface area contributed by atoms with Gasteiger partial charge in [0.25, 0.3) is 0 Å². The van der Waals surface area contributed by atoms with Crippen LogP contribution in [0.25, 0.3) is 5.95 Å².